The fraction of sp³-hybridized carbons (Fsp3) is 0.111. The van der Waals surface area contributed by atoms with E-state index >= 15 is 0 Å². The van der Waals surface area contributed by atoms with E-state index in [-0.39, 0.29) is 5.56 Å². The van der Waals surface area contributed by atoms with Gasteiger partial charge in [-0.15, -0.1) is 0 Å². The van der Waals surface area contributed by atoms with Crippen molar-refractivity contribution in [2.24, 2.45) is 0 Å². The van der Waals surface area contributed by atoms with Gasteiger partial charge in [-0.3, -0.25) is 9.59 Å². The maximum Gasteiger partial charge on any atom is 0.308 e. The average molecular weight is 367 g/mol. The van der Waals surface area contributed by atoms with E-state index in [4.69, 9.17) is 9.47 Å². The highest BCUT2D eigenvalue weighted by atomic mass is 32.1. The number of carbonyl (C=O) groups excluding carboxylic acids is 1. The maximum atomic E-state index is 12.7. The third kappa shape index (κ3) is 2.70. The molecule has 0 unspecified atom stereocenters. The Morgan fingerprint density at radius 3 is 2.88 bits per heavy atom. The van der Waals surface area contributed by atoms with Crippen LogP contribution in [-0.2, 0) is 4.79 Å². The molecule has 0 saturated heterocycles. The number of pyridine rings is 1. The van der Waals surface area contributed by atoms with Crippen molar-refractivity contribution in [1.29, 1.82) is 0 Å². The first-order valence-electron chi connectivity index (χ1n) is 7.71. The predicted octanol–water partition coefficient (Wildman–Crippen LogP) is 1.79. The van der Waals surface area contributed by atoms with Crippen molar-refractivity contribution < 1.29 is 14.3 Å². The molecule has 8 heteroatoms. The number of aromatic nitrogens is 3. The summed E-state index contributed by atoms with van der Waals surface area (Å²) < 4.78 is 12.4. The van der Waals surface area contributed by atoms with E-state index in [0.29, 0.717) is 32.2 Å². The molecule has 4 rings (SSSR count). The zero-order chi connectivity index (χ0) is 18.3. The van der Waals surface area contributed by atoms with Gasteiger partial charge in [-0.2, -0.15) is 0 Å². The summed E-state index contributed by atoms with van der Waals surface area (Å²) in [7, 11) is 1.49. The van der Waals surface area contributed by atoms with E-state index in [0.717, 1.165) is 5.56 Å². The molecule has 0 bridgehead atoms. The van der Waals surface area contributed by atoms with Gasteiger partial charge in [-0.05, 0) is 35.9 Å². The largest absolute Gasteiger partial charge is 0.493 e. The number of fused-ring (bicyclic) bond motifs is 3. The third-order valence-corrected chi connectivity index (χ3v) is 4.71. The van der Waals surface area contributed by atoms with Gasteiger partial charge in [0.25, 0.3) is 5.56 Å². The van der Waals surface area contributed by atoms with E-state index < -0.39 is 5.97 Å². The molecule has 0 radical (unpaired) electrons. The summed E-state index contributed by atoms with van der Waals surface area (Å²) in [5.41, 5.74) is 1.81. The van der Waals surface area contributed by atoms with Crippen LogP contribution in [0.1, 0.15) is 12.5 Å². The second-order valence-electron chi connectivity index (χ2n) is 5.50. The van der Waals surface area contributed by atoms with Crippen LogP contribution in [0.3, 0.4) is 0 Å². The van der Waals surface area contributed by atoms with E-state index in [1.807, 2.05) is 6.07 Å². The Bertz CT molecular complexity index is 1260. The van der Waals surface area contributed by atoms with E-state index in [1.54, 1.807) is 36.5 Å². The van der Waals surface area contributed by atoms with Gasteiger partial charge in [-0.25, -0.2) is 14.4 Å². The molecule has 0 N–H and O–H groups in total. The normalized spacial score (nSPS) is 12.0. The van der Waals surface area contributed by atoms with E-state index in [9.17, 15) is 9.59 Å². The van der Waals surface area contributed by atoms with Crippen LogP contribution >= 0.6 is 11.3 Å². The minimum Gasteiger partial charge on any atom is -0.493 e. The molecule has 0 spiro atoms. The minimum atomic E-state index is -0.430. The molecular weight excluding hydrogens is 354 g/mol. The maximum absolute atomic E-state index is 12.7. The standard InChI is InChI=1S/C18H13N3O4S/c1-10(22)25-13-6-5-11(8-14(13)24-2)9-15-17(23)21-16-12(4-3-7-19-16)20-18(21)26-15/h3-9H,1-2H3/b15-9-. The van der Waals surface area contributed by atoms with Crippen molar-refractivity contribution in [1.82, 2.24) is 14.4 Å². The van der Waals surface area contributed by atoms with Crippen molar-refractivity contribution in [2.45, 2.75) is 6.92 Å². The Hall–Kier alpha value is -3.26. The number of thiazole rings is 1. The van der Waals surface area contributed by atoms with Gasteiger partial charge in [-0.1, -0.05) is 17.4 Å². The highest BCUT2D eigenvalue weighted by Crippen LogP contribution is 2.28. The van der Waals surface area contributed by atoms with Crippen LogP contribution in [0.25, 0.3) is 22.2 Å². The number of carbonyl (C=O) groups is 1. The molecule has 0 saturated carbocycles. The summed E-state index contributed by atoms with van der Waals surface area (Å²) in [6, 6.07) is 8.69. The van der Waals surface area contributed by atoms with Gasteiger partial charge in [0, 0.05) is 13.1 Å². The lowest BCUT2D eigenvalue weighted by atomic mass is 10.2. The molecule has 0 atom stereocenters. The van der Waals surface area contributed by atoms with Crippen LogP contribution < -0.4 is 19.6 Å². The SMILES string of the molecule is COc1cc(/C=c2\sc3nc4cccnc4n3c2=O)ccc1OC(C)=O. The lowest BCUT2D eigenvalue weighted by Crippen LogP contribution is -2.22. The highest BCUT2D eigenvalue weighted by molar-refractivity contribution is 7.15. The third-order valence-electron chi connectivity index (χ3n) is 3.74. The van der Waals surface area contributed by atoms with E-state index in [1.165, 1.54) is 29.8 Å². The monoisotopic (exact) mass is 367 g/mol. The number of hydrogen-bond donors (Lipinski definition) is 0. The molecular formula is C18H13N3O4S. The van der Waals surface area contributed by atoms with Crippen LogP contribution in [0.2, 0.25) is 0 Å². The van der Waals surface area contributed by atoms with Crippen LogP contribution in [-0.4, -0.2) is 27.4 Å². The molecule has 3 heterocycles. The van der Waals surface area contributed by atoms with Crippen LogP contribution in [0, 0.1) is 0 Å². The first kappa shape index (κ1) is 16.2. The molecule has 130 valence electrons. The van der Waals surface area contributed by atoms with Crippen molar-refractivity contribution in [3.05, 3.63) is 57.0 Å². The summed E-state index contributed by atoms with van der Waals surface area (Å²) in [6.45, 7) is 1.32. The van der Waals surface area contributed by atoms with Crippen molar-refractivity contribution in [2.75, 3.05) is 7.11 Å². The van der Waals surface area contributed by atoms with E-state index in [2.05, 4.69) is 9.97 Å². The number of rotatable bonds is 3. The summed E-state index contributed by atoms with van der Waals surface area (Å²) >= 11 is 1.29. The zero-order valence-corrected chi connectivity index (χ0v) is 14.7. The fourth-order valence-corrected chi connectivity index (χ4v) is 3.63. The Morgan fingerprint density at radius 2 is 2.12 bits per heavy atom. The minimum absolute atomic E-state index is 0.172. The number of ether oxygens (including phenoxy) is 2. The van der Waals surface area contributed by atoms with Crippen LogP contribution in [0.4, 0.5) is 0 Å². The van der Waals surface area contributed by atoms with Gasteiger partial charge in [0.05, 0.1) is 11.6 Å². The summed E-state index contributed by atoms with van der Waals surface area (Å²) in [4.78, 5) is 33.1. The second-order valence-corrected chi connectivity index (χ2v) is 6.50. The summed E-state index contributed by atoms with van der Waals surface area (Å²) in [5.74, 6) is 0.311. The second kappa shape index (κ2) is 6.23. The molecule has 7 nitrogen and oxygen atoms in total. The van der Waals surface area contributed by atoms with Gasteiger partial charge >= 0.3 is 5.97 Å². The Balaban J connectivity index is 1.85. The number of imidazole rings is 1. The number of benzene rings is 1. The number of hydrogen-bond acceptors (Lipinski definition) is 7. The van der Waals surface area contributed by atoms with Crippen molar-refractivity contribution >= 4 is 39.5 Å². The fourth-order valence-electron chi connectivity index (χ4n) is 2.65. The molecule has 1 aromatic carbocycles. The molecule has 3 aromatic heterocycles. The first-order valence-corrected chi connectivity index (χ1v) is 8.52. The summed E-state index contributed by atoms with van der Waals surface area (Å²) in [5, 5.41) is 0. The van der Waals surface area contributed by atoms with Gasteiger partial charge in [0.2, 0.25) is 0 Å². The van der Waals surface area contributed by atoms with Gasteiger partial charge in [0.1, 0.15) is 5.52 Å². The Labute approximate surface area is 151 Å². The van der Waals surface area contributed by atoms with Gasteiger partial charge < -0.3 is 9.47 Å². The van der Waals surface area contributed by atoms with Crippen LogP contribution in [0.5, 0.6) is 11.5 Å². The average Bonchev–Trinajstić information content (AvgIpc) is 3.12. The lowest BCUT2D eigenvalue weighted by molar-refractivity contribution is -0.132. The number of nitrogens with zero attached hydrogens (tertiary/aromatic N) is 3. The molecule has 0 amide bonds. The topological polar surface area (TPSA) is 82.8 Å². The molecule has 0 aliphatic rings. The molecule has 0 fully saturated rings. The van der Waals surface area contributed by atoms with Crippen LogP contribution in [0.15, 0.2) is 41.3 Å². The Morgan fingerprint density at radius 1 is 1.27 bits per heavy atom. The van der Waals surface area contributed by atoms with Gasteiger partial charge in [0.15, 0.2) is 22.1 Å². The molecule has 0 aliphatic heterocycles. The smallest absolute Gasteiger partial charge is 0.308 e. The zero-order valence-electron chi connectivity index (χ0n) is 13.9. The number of methoxy groups -OCH3 is 1. The molecule has 26 heavy (non-hydrogen) atoms. The van der Waals surface area contributed by atoms with Crippen molar-refractivity contribution in [3.8, 4) is 11.5 Å². The quantitative estimate of drug-likeness (QED) is 0.406. The molecule has 4 aromatic rings. The Kier molecular flexibility index (Phi) is 3.89. The first-order chi connectivity index (χ1) is 12.6. The lowest BCUT2D eigenvalue weighted by Gasteiger charge is -2.08. The predicted molar refractivity (Wildman–Crippen MR) is 97.7 cm³/mol. The molecule has 0 aliphatic carbocycles. The summed E-state index contributed by atoms with van der Waals surface area (Å²) in [6.07, 6.45) is 3.38. The highest BCUT2D eigenvalue weighted by Gasteiger charge is 2.12. The van der Waals surface area contributed by atoms with Crippen molar-refractivity contribution in [3.63, 3.8) is 0 Å². The number of esters is 1.